The van der Waals surface area contributed by atoms with E-state index in [1.807, 2.05) is 19.1 Å². The molecule has 3 rings (SSSR count). The van der Waals surface area contributed by atoms with Crippen molar-refractivity contribution in [1.82, 2.24) is 0 Å². The summed E-state index contributed by atoms with van der Waals surface area (Å²) in [6, 6.07) is 17.4. The van der Waals surface area contributed by atoms with Crippen molar-refractivity contribution in [3.63, 3.8) is 0 Å². The van der Waals surface area contributed by atoms with E-state index < -0.39 is 0 Å². The Morgan fingerprint density at radius 1 is 0.923 bits per heavy atom. The van der Waals surface area contributed by atoms with Gasteiger partial charge in [-0.1, -0.05) is 62.7 Å². The number of hydrogen-bond acceptors (Lipinski definition) is 1. The Bertz CT molecular complexity index is 709. The lowest BCUT2D eigenvalue weighted by molar-refractivity contribution is 0.340. The molecule has 0 spiro atoms. The van der Waals surface area contributed by atoms with Gasteiger partial charge in [0.15, 0.2) is 0 Å². The van der Waals surface area contributed by atoms with Crippen LogP contribution in [0.15, 0.2) is 54.6 Å². The van der Waals surface area contributed by atoms with E-state index in [4.69, 9.17) is 4.74 Å². The van der Waals surface area contributed by atoms with Gasteiger partial charge in [0.1, 0.15) is 5.75 Å². The van der Waals surface area contributed by atoms with Gasteiger partial charge in [-0.15, -0.1) is 0 Å². The molecule has 0 heterocycles. The van der Waals surface area contributed by atoms with E-state index in [-0.39, 0.29) is 0 Å². The fourth-order valence-electron chi connectivity index (χ4n) is 3.89. The van der Waals surface area contributed by atoms with Crippen molar-refractivity contribution in [3.05, 3.63) is 60.2 Å². The van der Waals surface area contributed by atoms with Crippen LogP contribution in [-0.4, -0.2) is 6.61 Å². The summed E-state index contributed by atoms with van der Waals surface area (Å²) in [6.45, 7) is 7.42. The minimum absolute atomic E-state index is 0.710. The first-order valence-corrected chi connectivity index (χ1v) is 10.2. The van der Waals surface area contributed by atoms with Crippen LogP contribution in [0.3, 0.4) is 0 Å². The smallest absolute Gasteiger partial charge is 0.119 e. The molecular weight excluding hydrogens is 316 g/mol. The summed E-state index contributed by atoms with van der Waals surface area (Å²) in [5, 5.41) is 0. The molecule has 2 atom stereocenters. The molecule has 1 aliphatic carbocycles. The van der Waals surface area contributed by atoms with E-state index in [1.165, 1.54) is 54.4 Å². The Balaban J connectivity index is 1.64. The van der Waals surface area contributed by atoms with Gasteiger partial charge in [0.2, 0.25) is 0 Å². The predicted molar refractivity (Wildman–Crippen MR) is 112 cm³/mol. The summed E-state index contributed by atoms with van der Waals surface area (Å²) in [5.74, 6) is 2.69. The fourth-order valence-corrected chi connectivity index (χ4v) is 3.89. The van der Waals surface area contributed by atoms with Crippen LogP contribution in [0.1, 0.15) is 58.4 Å². The van der Waals surface area contributed by atoms with Crippen LogP contribution in [0, 0.1) is 11.8 Å². The molecule has 0 bridgehead atoms. The highest BCUT2D eigenvalue weighted by Crippen LogP contribution is 2.34. The third-order valence-corrected chi connectivity index (χ3v) is 5.71. The Morgan fingerprint density at radius 2 is 1.54 bits per heavy atom. The van der Waals surface area contributed by atoms with Crippen molar-refractivity contribution in [3.8, 4) is 16.9 Å². The van der Waals surface area contributed by atoms with Gasteiger partial charge in [0.25, 0.3) is 0 Å². The average Bonchev–Trinajstić information content (AvgIpc) is 2.69. The summed E-state index contributed by atoms with van der Waals surface area (Å²) in [4.78, 5) is 0. The molecule has 0 amide bonds. The first-order chi connectivity index (χ1) is 12.7. The van der Waals surface area contributed by atoms with Gasteiger partial charge in [0, 0.05) is 0 Å². The van der Waals surface area contributed by atoms with Gasteiger partial charge in [-0.2, -0.15) is 0 Å². The first kappa shape index (κ1) is 18.8. The normalized spacial score (nSPS) is 18.3. The van der Waals surface area contributed by atoms with Crippen molar-refractivity contribution in [2.45, 2.75) is 52.9 Å². The minimum atomic E-state index is 0.710. The highest BCUT2D eigenvalue weighted by Gasteiger charge is 2.17. The number of ether oxygens (including phenoxy) is 1. The van der Waals surface area contributed by atoms with Crippen LogP contribution in [-0.2, 0) is 0 Å². The maximum atomic E-state index is 5.53. The Labute approximate surface area is 159 Å². The summed E-state index contributed by atoms with van der Waals surface area (Å²) >= 11 is 0. The highest BCUT2D eigenvalue weighted by atomic mass is 16.5. The lowest BCUT2D eigenvalue weighted by Crippen LogP contribution is -2.09. The number of hydrogen-bond donors (Lipinski definition) is 0. The molecule has 0 saturated heterocycles. The van der Waals surface area contributed by atoms with E-state index >= 15 is 0 Å². The molecule has 26 heavy (non-hydrogen) atoms. The van der Waals surface area contributed by atoms with Gasteiger partial charge in [-0.05, 0) is 78.8 Å². The van der Waals surface area contributed by atoms with Crippen molar-refractivity contribution < 1.29 is 4.74 Å². The monoisotopic (exact) mass is 348 g/mol. The topological polar surface area (TPSA) is 9.23 Å². The fraction of sp³-hybridized carbons (Fsp3) is 0.440. The first-order valence-electron chi connectivity index (χ1n) is 10.2. The number of rotatable bonds is 7. The molecule has 0 radical (unpaired) electrons. The van der Waals surface area contributed by atoms with Gasteiger partial charge in [0.05, 0.1) is 6.61 Å². The lowest BCUT2D eigenvalue weighted by Gasteiger charge is -2.24. The summed E-state index contributed by atoms with van der Waals surface area (Å²) < 4.78 is 5.53. The molecule has 0 saturated carbocycles. The van der Waals surface area contributed by atoms with E-state index in [0.29, 0.717) is 6.61 Å². The Kier molecular flexibility index (Phi) is 6.55. The zero-order valence-electron chi connectivity index (χ0n) is 16.5. The van der Waals surface area contributed by atoms with Gasteiger partial charge in [-0.25, -0.2) is 0 Å². The van der Waals surface area contributed by atoms with Crippen LogP contribution < -0.4 is 4.74 Å². The minimum Gasteiger partial charge on any atom is -0.494 e. The molecule has 2 aromatic rings. The van der Waals surface area contributed by atoms with Crippen LogP contribution in [0.2, 0.25) is 0 Å². The van der Waals surface area contributed by atoms with E-state index in [0.717, 1.165) is 17.6 Å². The van der Waals surface area contributed by atoms with Gasteiger partial charge >= 0.3 is 0 Å². The van der Waals surface area contributed by atoms with Crippen molar-refractivity contribution in [2.75, 3.05) is 6.61 Å². The third-order valence-electron chi connectivity index (χ3n) is 5.71. The summed E-state index contributed by atoms with van der Waals surface area (Å²) in [7, 11) is 0. The second-order valence-electron chi connectivity index (χ2n) is 7.65. The molecule has 2 aromatic carbocycles. The molecule has 1 aliphatic rings. The van der Waals surface area contributed by atoms with Crippen LogP contribution in [0.25, 0.3) is 16.7 Å². The molecule has 2 unspecified atom stereocenters. The van der Waals surface area contributed by atoms with Crippen LogP contribution in [0.5, 0.6) is 5.75 Å². The van der Waals surface area contributed by atoms with E-state index in [2.05, 4.69) is 56.3 Å². The van der Waals surface area contributed by atoms with Gasteiger partial charge in [-0.3, -0.25) is 0 Å². The van der Waals surface area contributed by atoms with Gasteiger partial charge < -0.3 is 4.74 Å². The zero-order chi connectivity index (χ0) is 18.4. The van der Waals surface area contributed by atoms with Crippen molar-refractivity contribution in [1.29, 1.82) is 0 Å². The average molecular weight is 349 g/mol. The summed E-state index contributed by atoms with van der Waals surface area (Å²) in [5.41, 5.74) is 5.43. The molecule has 0 fully saturated rings. The molecular formula is C25H32O. The molecule has 1 heteroatoms. The molecule has 0 aliphatic heterocycles. The second-order valence-corrected chi connectivity index (χ2v) is 7.65. The molecule has 1 nitrogen and oxygen atoms in total. The van der Waals surface area contributed by atoms with E-state index in [9.17, 15) is 0 Å². The quantitative estimate of drug-likeness (QED) is 0.507. The van der Waals surface area contributed by atoms with Crippen LogP contribution in [0.4, 0.5) is 0 Å². The SMILES string of the molecule is CCOc1ccc(-c2ccc(C3=CCC(CC(C)CC)CC3)cc2)cc1. The third kappa shape index (κ3) is 4.78. The standard InChI is InChI=1S/C25H32O/c1-4-19(3)18-20-6-8-21(9-7-20)22-10-12-23(13-11-22)24-14-16-25(17-15-24)26-5-2/h8,10-17,19-20H,4-7,9,18H2,1-3H3. The number of benzene rings is 2. The summed E-state index contributed by atoms with van der Waals surface area (Å²) in [6.07, 6.45) is 9.00. The van der Waals surface area contributed by atoms with Crippen molar-refractivity contribution in [2.24, 2.45) is 11.8 Å². The predicted octanol–water partition coefficient (Wildman–Crippen LogP) is 7.37. The zero-order valence-corrected chi connectivity index (χ0v) is 16.5. The second kappa shape index (κ2) is 9.07. The maximum Gasteiger partial charge on any atom is 0.119 e. The Morgan fingerprint density at radius 3 is 2.08 bits per heavy atom. The van der Waals surface area contributed by atoms with Crippen molar-refractivity contribution >= 4 is 5.57 Å². The molecule has 138 valence electrons. The van der Waals surface area contributed by atoms with Crippen LogP contribution >= 0.6 is 0 Å². The lowest BCUT2D eigenvalue weighted by atomic mass is 9.81. The Hall–Kier alpha value is -2.02. The maximum absolute atomic E-state index is 5.53. The molecule has 0 N–H and O–H groups in total. The largest absolute Gasteiger partial charge is 0.494 e. The van der Waals surface area contributed by atoms with E-state index in [1.54, 1.807) is 0 Å². The number of allylic oxidation sites excluding steroid dienone is 2. The molecule has 0 aromatic heterocycles. The highest BCUT2D eigenvalue weighted by molar-refractivity contribution is 5.71.